The van der Waals surface area contributed by atoms with E-state index in [1.54, 1.807) is 19.5 Å². The number of nitrogens with zero attached hydrogens (tertiary/aromatic N) is 3. The van der Waals surface area contributed by atoms with Crippen LogP contribution >= 0.6 is 0 Å². The fourth-order valence-corrected chi connectivity index (χ4v) is 5.66. The first-order valence-electron chi connectivity index (χ1n) is 12.9. The number of hydrogen-bond acceptors (Lipinski definition) is 6. The van der Waals surface area contributed by atoms with E-state index < -0.39 is 0 Å². The van der Waals surface area contributed by atoms with Crippen LogP contribution in [-0.2, 0) is 6.42 Å². The number of benzene rings is 1. The highest BCUT2D eigenvalue weighted by atomic mass is 16.5. The zero-order chi connectivity index (χ0) is 25.8. The fourth-order valence-electron chi connectivity index (χ4n) is 5.66. The van der Waals surface area contributed by atoms with Gasteiger partial charge in [-0.05, 0) is 74.9 Å². The number of fused-ring (bicyclic) bond motifs is 2. The molecule has 8 nitrogen and oxygen atoms in total. The molecule has 0 spiro atoms. The Morgan fingerprint density at radius 3 is 2.51 bits per heavy atom. The molecular formula is C29H33N5O3. The minimum Gasteiger partial charge on any atom is -0.496 e. The van der Waals surface area contributed by atoms with Gasteiger partial charge < -0.3 is 20.3 Å². The molecule has 2 saturated heterocycles. The van der Waals surface area contributed by atoms with Gasteiger partial charge >= 0.3 is 0 Å². The molecule has 5 rings (SSSR count). The molecule has 1 unspecified atom stereocenters. The third kappa shape index (κ3) is 5.43. The number of amides is 2. The number of carbonyl (C=O) groups is 2. The van der Waals surface area contributed by atoms with Gasteiger partial charge in [0.1, 0.15) is 11.6 Å². The van der Waals surface area contributed by atoms with Crippen molar-refractivity contribution in [3.63, 3.8) is 0 Å². The number of pyridine rings is 2. The molecule has 2 fully saturated rings. The SMILES string of the molecule is COc1cccc(C(=O)NC2C[C@H]3CC[C@@H](C2)N3c2ccc(C(=O)NCCc3cccnc3)cn2)c1C. The number of aromatic nitrogens is 2. The molecule has 0 saturated carbocycles. The van der Waals surface area contributed by atoms with Gasteiger partial charge in [-0.25, -0.2) is 4.98 Å². The van der Waals surface area contributed by atoms with E-state index in [2.05, 4.69) is 25.5 Å². The van der Waals surface area contributed by atoms with E-state index in [4.69, 9.17) is 4.74 Å². The molecule has 8 heteroatoms. The summed E-state index contributed by atoms with van der Waals surface area (Å²) in [5, 5.41) is 6.21. The van der Waals surface area contributed by atoms with Gasteiger partial charge in [0.05, 0.1) is 12.7 Å². The number of anilines is 1. The van der Waals surface area contributed by atoms with Crippen molar-refractivity contribution in [3.05, 3.63) is 83.3 Å². The Hall–Kier alpha value is -3.94. The second-order valence-corrected chi connectivity index (χ2v) is 9.84. The Morgan fingerprint density at radius 1 is 1.03 bits per heavy atom. The zero-order valence-electron chi connectivity index (χ0n) is 21.3. The summed E-state index contributed by atoms with van der Waals surface area (Å²) < 4.78 is 5.37. The van der Waals surface area contributed by atoms with Gasteiger partial charge in [-0.1, -0.05) is 12.1 Å². The van der Waals surface area contributed by atoms with Crippen molar-refractivity contribution >= 4 is 17.6 Å². The zero-order valence-corrected chi connectivity index (χ0v) is 21.3. The molecule has 3 atom stereocenters. The normalized spacial score (nSPS) is 20.4. The molecule has 3 aromatic rings. The summed E-state index contributed by atoms with van der Waals surface area (Å²) in [7, 11) is 1.62. The largest absolute Gasteiger partial charge is 0.496 e. The first-order valence-corrected chi connectivity index (χ1v) is 12.9. The van der Waals surface area contributed by atoms with E-state index in [9.17, 15) is 9.59 Å². The first kappa shape index (κ1) is 24.7. The average molecular weight is 500 g/mol. The summed E-state index contributed by atoms with van der Waals surface area (Å²) in [6.45, 7) is 2.46. The van der Waals surface area contributed by atoms with Gasteiger partial charge in [-0.2, -0.15) is 0 Å². The van der Waals surface area contributed by atoms with Gasteiger partial charge in [-0.3, -0.25) is 14.6 Å². The average Bonchev–Trinajstić information content (AvgIpc) is 3.19. The van der Waals surface area contributed by atoms with Crippen LogP contribution in [0.5, 0.6) is 5.75 Å². The quantitative estimate of drug-likeness (QED) is 0.491. The van der Waals surface area contributed by atoms with Crippen LogP contribution in [0.4, 0.5) is 5.82 Å². The van der Waals surface area contributed by atoms with Crippen molar-refractivity contribution in [1.29, 1.82) is 0 Å². The molecule has 2 bridgehead atoms. The number of rotatable bonds is 8. The van der Waals surface area contributed by atoms with E-state index in [0.717, 1.165) is 54.8 Å². The molecule has 2 amide bonds. The number of piperidine rings is 1. The number of carbonyl (C=O) groups excluding carboxylic acids is 2. The lowest BCUT2D eigenvalue weighted by Crippen LogP contribution is -2.50. The van der Waals surface area contributed by atoms with Crippen molar-refractivity contribution in [1.82, 2.24) is 20.6 Å². The lowest BCUT2D eigenvalue weighted by Gasteiger charge is -2.40. The smallest absolute Gasteiger partial charge is 0.252 e. The van der Waals surface area contributed by atoms with Gasteiger partial charge in [0.2, 0.25) is 0 Å². The number of hydrogen-bond donors (Lipinski definition) is 2. The Bertz CT molecular complexity index is 1230. The fraction of sp³-hybridized carbons (Fsp3) is 0.379. The highest BCUT2D eigenvalue weighted by molar-refractivity contribution is 5.96. The standard InChI is InChI=1S/C29H33N5O3/c1-19-25(6-3-7-26(19)37-2)29(36)33-22-15-23-9-10-24(16-22)34(23)27-11-8-21(18-32-27)28(35)31-14-12-20-5-4-13-30-17-20/h3-8,11,13,17-18,22-24H,9-10,12,14-16H2,1-2H3,(H,31,35)(H,33,36)/t22?,23-,24+. The van der Waals surface area contributed by atoms with Crippen LogP contribution in [0.1, 0.15) is 57.5 Å². The minimum absolute atomic E-state index is 0.0498. The number of methoxy groups -OCH3 is 1. The maximum Gasteiger partial charge on any atom is 0.252 e. The van der Waals surface area contributed by atoms with Crippen molar-refractivity contribution in [3.8, 4) is 5.75 Å². The molecule has 0 radical (unpaired) electrons. The molecule has 2 N–H and O–H groups in total. The van der Waals surface area contributed by atoms with Gasteiger partial charge in [0.15, 0.2) is 0 Å². The maximum absolute atomic E-state index is 13.0. The summed E-state index contributed by atoms with van der Waals surface area (Å²) in [5.41, 5.74) is 3.15. The van der Waals surface area contributed by atoms with E-state index in [1.165, 1.54) is 0 Å². The monoisotopic (exact) mass is 499 g/mol. The van der Waals surface area contributed by atoms with E-state index in [0.29, 0.717) is 29.8 Å². The second-order valence-electron chi connectivity index (χ2n) is 9.84. The van der Waals surface area contributed by atoms with Gasteiger partial charge in [-0.15, -0.1) is 0 Å². The summed E-state index contributed by atoms with van der Waals surface area (Å²) >= 11 is 0. The van der Waals surface area contributed by atoms with Crippen LogP contribution in [-0.4, -0.2) is 53.6 Å². The Labute approximate surface area is 217 Å². The number of nitrogens with one attached hydrogen (secondary N) is 2. The van der Waals surface area contributed by atoms with Crippen LogP contribution in [0.2, 0.25) is 0 Å². The molecule has 2 aliphatic rings. The highest BCUT2D eigenvalue weighted by Gasteiger charge is 2.42. The minimum atomic E-state index is -0.125. The van der Waals surface area contributed by atoms with Gasteiger partial charge in [0.25, 0.3) is 11.8 Å². The van der Waals surface area contributed by atoms with Crippen LogP contribution in [0.25, 0.3) is 0 Å². The first-order chi connectivity index (χ1) is 18.0. The van der Waals surface area contributed by atoms with Crippen LogP contribution in [0.15, 0.2) is 61.1 Å². The van der Waals surface area contributed by atoms with Crippen molar-refractivity contribution < 1.29 is 14.3 Å². The summed E-state index contributed by atoms with van der Waals surface area (Å²) in [4.78, 5) is 36.7. The lowest BCUT2D eigenvalue weighted by molar-refractivity contribution is 0.0924. The second kappa shape index (κ2) is 11.0. The lowest BCUT2D eigenvalue weighted by atomic mass is 9.96. The molecule has 37 heavy (non-hydrogen) atoms. The Morgan fingerprint density at radius 2 is 1.84 bits per heavy atom. The van der Waals surface area contributed by atoms with E-state index in [1.807, 2.05) is 55.6 Å². The van der Waals surface area contributed by atoms with Crippen molar-refractivity contribution in [2.45, 2.75) is 57.2 Å². The Balaban J connectivity index is 1.17. The third-order valence-corrected chi connectivity index (χ3v) is 7.51. The van der Waals surface area contributed by atoms with Gasteiger partial charge in [0, 0.05) is 54.4 Å². The van der Waals surface area contributed by atoms with E-state index >= 15 is 0 Å². The highest BCUT2D eigenvalue weighted by Crippen LogP contribution is 2.38. The third-order valence-electron chi connectivity index (χ3n) is 7.51. The van der Waals surface area contributed by atoms with Crippen LogP contribution in [0.3, 0.4) is 0 Å². The summed E-state index contributed by atoms with van der Waals surface area (Å²) in [5.74, 6) is 1.44. The predicted octanol–water partition coefficient (Wildman–Crippen LogP) is 3.70. The summed E-state index contributed by atoms with van der Waals surface area (Å²) in [6, 6.07) is 14.0. The summed E-state index contributed by atoms with van der Waals surface area (Å²) in [6.07, 6.45) is 9.85. The molecule has 4 heterocycles. The topological polar surface area (TPSA) is 96.5 Å². The molecule has 0 aliphatic carbocycles. The molecule has 1 aromatic carbocycles. The van der Waals surface area contributed by atoms with Crippen LogP contribution in [0, 0.1) is 6.92 Å². The maximum atomic E-state index is 13.0. The number of ether oxygens (including phenoxy) is 1. The molecule has 192 valence electrons. The van der Waals surface area contributed by atoms with E-state index in [-0.39, 0.29) is 17.9 Å². The van der Waals surface area contributed by atoms with Crippen molar-refractivity contribution in [2.75, 3.05) is 18.6 Å². The van der Waals surface area contributed by atoms with Crippen LogP contribution < -0.4 is 20.3 Å². The van der Waals surface area contributed by atoms with Crippen molar-refractivity contribution in [2.24, 2.45) is 0 Å². The molecular weight excluding hydrogens is 466 g/mol. The molecule has 2 aliphatic heterocycles. The predicted molar refractivity (Wildman–Crippen MR) is 142 cm³/mol. The Kier molecular flexibility index (Phi) is 7.35. The molecule has 2 aromatic heterocycles.